The van der Waals surface area contributed by atoms with Crippen molar-refractivity contribution in [2.75, 3.05) is 101 Å². The number of piperazine rings is 2. The summed E-state index contributed by atoms with van der Waals surface area (Å²) in [5.74, 6) is -0.671. The summed E-state index contributed by atoms with van der Waals surface area (Å²) < 4.78 is 36.9. The number of aromatic nitrogens is 6. The van der Waals surface area contributed by atoms with E-state index < -0.39 is 17.2 Å². The van der Waals surface area contributed by atoms with Crippen LogP contribution in [-0.2, 0) is 19.1 Å². The fraction of sp³-hybridized carbons (Fsp3) is 0.560. The number of halogens is 2. The fourth-order valence-corrected chi connectivity index (χ4v) is 8.19. The van der Waals surface area contributed by atoms with Crippen molar-refractivity contribution in [3.63, 3.8) is 0 Å². The Morgan fingerprint density at radius 1 is 0.608 bits per heavy atom. The molecule has 396 valence electrons. The Morgan fingerprint density at radius 3 is 1.36 bits per heavy atom. The Labute approximate surface area is 453 Å². The molecule has 0 radical (unpaired) electrons. The molecule has 3 N–H and O–H groups in total. The van der Waals surface area contributed by atoms with Crippen molar-refractivity contribution >= 4 is 36.0 Å². The Balaban J connectivity index is 0.000000227. The van der Waals surface area contributed by atoms with Gasteiger partial charge < -0.3 is 50.0 Å². The van der Waals surface area contributed by atoms with Crippen molar-refractivity contribution < 1.29 is 72.1 Å². The van der Waals surface area contributed by atoms with Gasteiger partial charge in [-0.1, -0.05) is 0 Å². The fourth-order valence-electron chi connectivity index (χ4n) is 8.19. The maximum atomic E-state index is 13.2. The maximum Gasteiger partial charge on any atom is 1.00 e. The summed E-state index contributed by atoms with van der Waals surface area (Å²) in [6, 6.07) is 12.5. The Hall–Kier alpha value is -5.72. The third-order valence-electron chi connectivity index (χ3n) is 12.1. The second kappa shape index (κ2) is 27.7. The van der Waals surface area contributed by atoms with Crippen molar-refractivity contribution in [2.45, 2.75) is 90.5 Å². The van der Waals surface area contributed by atoms with Gasteiger partial charge in [0.1, 0.15) is 22.8 Å². The summed E-state index contributed by atoms with van der Waals surface area (Å²) in [7, 11) is 0. The van der Waals surface area contributed by atoms with Crippen molar-refractivity contribution in [2.24, 2.45) is 5.73 Å². The van der Waals surface area contributed by atoms with Crippen LogP contribution in [0.3, 0.4) is 0 Å². The molecule has 2 aromatic carbocycles. The third kappa shape index (κ3) is 19.5. The van der Waals surface area contributed by atoms with E-state index in [1.807, 2.05) is 56.2 Å². The minimum absolute atomic E-state index is 0. The number of carbonyl (C=O) groups excluding carboxylic acids is 4. The summed E-state index contributed by atoms with van der Waals surface area (Å²) in [6.07, 6.45) is 5.76. The van der Waals surface area contributed by atoms with Crippen LogP contribution in [0.25, 0.3) is 22.5 Å². The van der Waals surface area contributed by atoms with Crippen LogP contribution in [0.2, 0.25) is 0 Å². The van der Waals surface area contributed by atoms with E-state index in [1.54, 1.807) is 40.3 Å². The number of hydrogen-bond donors (Lipinski definition) is 2. The molecule has 2 aromatic heterocycles. The van der Waals surface area contributed by atoms with Gasteiger partial charge in [0, 0.05) is 108 Å². The number of nitrogens with zero attached hydrogens (tertiary/aromatic N) is 12. The predicted molar refractivity (Wildman–Crippen MR) is 267 cm³/mol. The maximum absolute atomic E-state index is 13.2. The first-order valence-corrected chi connectivity index (χ1v) is 24.7. The SMILES string of the molecule is CC(C)(C)OC(=O)N1CCC(N)CC1.CC(C)(C)OC(=O)N1CCC(NC(=O)CN2CCN(c3nncc(-c4ccc(F)cc4)n3)CC2)CC1.O=C([O-])CN1CCN(c2nncc(-c3ccc(F)cc3)n2)CC1.[Na+]. The molecule has 21 nitrogen and oxygen atoms in total. The molecule has 3 amide bonds. The van der Waals surface area contributed by atoms with Gasteiger partial charge in [0.25, 0.3) is 0 Å². The molecule has 4 aliphatic rings. The normalized spacial score (nSPS) is 17.1. The number of amides is 3. The smallest absolute Gasteiger partial charge is 0.549 e. The number of hydrogen-bond acceptors (Lipinski definition) is 18. The second-order valence-electron chi connectivity index (χ2n) is 20.3. The molecule has 0 bridgehead atoms. The van der Waals surface area contributed by atoms with Gasteiger partial charge in [0.05, 0.1) is 36.3 Å². The van der Waals surface area contributed by atoms with E-state index in [9.17, 15) is 33.1 Å². The molecular weight excluding hydrogens is 970 g/mol. The van der Waals surface area contributed by atoms with E-state index in [0.717, 1.165) is 37.1 Å². The van der Waals surface area contributed by atoms with E-state index >= 15 is 0 Å². The number of anilines is 2. The van der Waals surface area contributed by atoms with Crippen LogP contribution in [0, 0.1) is 11.6 Å². The van der Waals surface area contributed by atoms with E-state index in [-0.39, 0.29) is 77.9 Å². The molecule has 4 fully saturated rings. The zero-order valence-corrected chi connectivity index (χ0v) is 45.7. The van der Waals surface area contributed by atoms with Gasteiger partial charge in [-0.2, -0.15) is 10.2 Å². The number of nitrogens with two attached hydrogens (primary N) is 1. The molecular formula is C50H69F2N14NaO7. The molecule has 8 rings (SSSR count). The van der Waals surface area contributed by atoms with Gasteiger partial charge in [0.15, 0.2) is 0 Å². The number of piperidine rings is 2. The van der Waals surface area contributed by atoms with Crippen LogP contribution >= 0.6 is 0 Å². The molecule has 4 saturated heterocycles. The standard InChI is InChI=1S/C25H34FN7O3.C15H16FN5O2.C10H20N2O2.Na/c1-25(2,3)36-24(35)33-10-8-20(9-11-33)28-22(34)17-31-12-14-32(15-13-31)23-29-21(16-27-30-23)18-4-6-19(26)7-5-18;16-12-3-1-11(2-4-12)13-9-17-19-15(18-13)21-7-5-20(6-8-21)10-14(22)23;1-10(2,3)14-9(13)12-6-4-8(11)5-7-12;/h4-7,16,20H,8-15,17H2,1-3H3,(H,28,34);1-4,9H,5-8,10H2,(H,22,23);8H,4-7,11H2,1-3H3;/q;;;+1/p-1. The number of carbonyl (C=O) groups is 4. The molecule has 0 saturated carbocycles. The van der Waals surface area contributed by atoms with Crippen LogP contribution in [-0.4, -0.2) is 189 Å². The quantitative estimate of drug-likeness (QED) is 0.213. The number of benzene rings is 2. The first kappa shape index (κ1) is 59.2. The number of carboxylic acids is 1. The van der Waals surface area contributed by atoms with E-state index in [0.29, 0.717) is 108 Å². The predicted octanol–water partition coefficient (Wildman–Crippen LogP) is 0.214. The summed E-state index contributed by atoms with van der Waals surface area (Å²) in [5, 5.41) is 30.0. The van der Waals surface area contributed by atoms with Gasteiger partial charge in [-0.25, -0.2) is 28.3 Å². The Morgan fingerprint density at radius 2 is 0.986 bits per heavy atom. The van der Waals surface area contributed by atoms with Crippen LogP contribution in [0.1, 0.15) is 67.2 Å². The molecule has 0 spiro atoms. The molecule has 4 aliphatic heterocycles. The first-order valence-electron chi connectivity index (χ1n) is 24.7. The summed E-state index contributed by atoms with van der Waals surface area (Å²) in [6.45, 7) is 19.2. The third-order valence-corrected chi connectivity index (χ3v) is 12.1. The monoisotopic (exact) mass is 1040 g/mol. The molecule has 0 unspecified atom stereocenters. The van der Waals surface area contributed by atoms with Gasteiger partial charge in [-0.05, 0) is 116 Å². The molecule has 4 aromatic rings. The number of nitrogens with one attached hydrogen (secondary N) is 1. The van der Waals surface area contributed by atoms with Crippen molar-refractivity contribution in [3.05, 3.63) is 72.6 Å². The number of likely N-dealkylation sites (tertiary alicyclic amines) is 2. The van der Waals surface area contributed by atoms with Gasteiger partial charge in [-0.15, -0.1) is 10.2 Å². The number of ether oxygens (including phenoxy) is 2. The number of rotatable bonds is 9. The van der Waals surface area contributed by atoms with Crippen LogP contribution in [0.15, 0.2) is 60.9 Å². The topological polar surface area (TPSA) is 245 Å². The molecule has 24 heteroatoms. The molecule has 0 aliphatic carbocycles. The molecule has 6 heterocycles. The minimum atomic E-state index is -1.07. The van der Waals surface area contributed by atoms with E-state index in [1.165, 1.54) is 30.5 Å². The zero-order valence-electron chi connectivity index (χ0n) is 43.7. The summed E-state index contributed by atoms with van der Waals surface area (Å²) in [5.41, 5.74) is 7.62. The zero-order chi connectivity index (χ0) is 52.7. The van der Waals surface area contributed by atoms with Crippen LogP contribution < -0.4 is 55.5 Å². The summed E-state index contributed by atoms with van der Waals surface area (Å²) in [4.78, 5) is 67.4. The van der Waals surface area contributed by atoms with Crippen LogP contribution in [0.4, 0.5) is 30.3 Å². The van der Waals surface area contributed by atoms with Gasteiger partial charge in [0.2, 0.25) is 17.8 Å². The van der Waals surface area contributed by atoms with Crippen molar-refractivity contribution in [3.8, 4) is 22.5 Å². The minimum Gasteiger partial charge on any atom is -0.549 e. The summed E-state index contributed by atoms with van der Waals surface area (Å²) >= 11 is 0. The Bertz CT molecular complexity index is 2420. The van der Waals surface area contributed by atoms with Crippen molar-refractivity contribution in [1.29, 1.82) is 0 Å². The average Bonchev–Trinajstić information content (AvgIpc) is 3.34. The van der Waals surface area contributed by atoms with E-state index in [4.69, 9.17) is 15.2 Å². The van der Waals surface area contributed by atoms with E-state index in [2.05, 4.69) is 40.6 Å². The second-order valence-corrected chi connectivity index (χ2v) is 20.3. The van der Waals surface area contributed by atoms with Crippen molar-refractivity contribution in [1.82, 2.24) is 55.3 Å². The largest absolute Gasteiger partial charge is 1.00 e. The number of aliphatic carboxylic acids is 1. The number of carboxylic acid groups (broad SMARTS) is 1. The van der Waals surface area contributed by atoms with Gasteiger partial charge in [-0.3, -0.25) is 14.6 Å². The van der Waals surface area contributed by atoms with Crippen LogP contribution in [0.5, 0.6) is 0 Å². The molecule has 74 heavy (non-hydrogen) atoms. The molecule has 0 atom stereocenters. The van der Waals surface area contributed by atoms with Gasteiger partial charge >= 0.3 is 41.7 Å². The average molecular weight is 1040 g/mol. The Kier molecular flexibility index (Phi) is 22.2. The first-order chi connectivity index (χ1) is 34.7.